The maximum Gasteiger partial charge on any atom is 0.174 e. The van der Waals surface area contributed by atoms with Crippen molar-refractivity contribution in [2.24, 2.45) is 0 Å². The molecule has 0 saturated carbocycles. The van der Waals surface area contributed by atoms with Crippen LogP contribution in [0.1, 0.15) is 31.0 Å². The van der Waals surface area contributed by atoms with Crippen molar-refractivity contribution in [2.75, 3.05) is 4.90 Å². The van der Waals surface area contributed by atoms with E-state index in [2.05, 4.69) is 72.6 Å². The van der Waals surface area contributed by atoms with Crippen LogP contribution in [0.3, 0.4) is 0 Å². The highest BCUT2D eigenvalue weighted by atomic mass is 32.1. The van der Waals surface area contributed by atoms with Crippen LogP contribution in [0.5, 0.6) is 0 Å². The number of hydrogen-bond donors (Lipinski definition) is 1. The smallest absolute Gasteiger partial charge is 0.174 e. The molecule has 0 bridgehead atoms. The lowest BCUT2D eigenvalue weighted by Crippen LogP contribution is -2.49. The summed E-state index contributed by atoms with van der Waals surface area (Å²) in [4.78, 5) is 2.18. The van der Waals surface area contributed by atoms with Crippen LogP contribution in [0.25, 0.3) is 0 Å². The van der Waals surface area contributed by atoms with E-state index in [4.69, 9.17) is 12.2 Å². The van der Waals surface area contributed by atoms with Gasteiger partial charge in [0, 0.05) is 17.3 Å². The summed E-state index contributed by atoms with van der Waals surface area (Å²) in [6.45, 7) is 4.32. The quantitative estimate of drug-likeness (QED) is 0.842. The lowest BCUT2D eigenvalue weighted by molar-refractivity contribution is 0.691. The highest BCUT2D eigenvalue weighted by Gasteiger charge is 2.30. The van der Waals surface area contributed by atoms with Crippen molar-refractivity contribution in [3.63, 3.8) is 0 Å². The van der Waals surface area contributed by atoms with E-state index >= 15 is 0 Å². The average molecular weight is 282 g/mol. The lowest BCUT2D eigenvalue weighted by atomic mass is 9.94. The fourth-order valence-electron chi connectivity index (χ4n) is 2.75. The molecule has 2 aromatic carbocycles. The van der Waals surface area contributed by atoms with E-state index in [0.29, 0.717) is 6.04 Å². The summed E-state index contributed by atoms with van der Waals surface area (Å²) in [5.41, 5.74) is 3.73. The molecule has 3 heteroatoms. The van der Waals surface area contributed by atoms with Gasteiger partial charge in [-0.15, -0.1) is 0 Å². The third kappa shape index (κ3) is 2.18. The third-order valence-electron chi connectivity index (χ3n) is 3.64. The zero-order valence-corrected chi connectivity index (χ0v) is 12.5. The van der Waals surface area contributed by atoms with E-state index in [9.17, 15) is 0 Å². The Hall–Kier alpha value is -1.87. The van der Waals surface area contributed by atoms with Crippen LogP contribution in [-0.4, -0.2) is 11.2 Å². The average Bonchev–Trinajstić information content (AvgIpc) is 2.47. The van der Waals surface area contributed by atoms with Gasteiger partial charge in [-0.1, -0.05) is 48.5 Å². The van der Waals surface area contributed by atoms with Gasteiger partial charge in [-0.25, -0.2) is 0 Å². The summed E-state index contributed by atoms with van der Waals surface area (Å²) in [5.74, 6) is 0. The van der Waals surface area contributed by atoms with Crippen molar-refractivity contribution in [2.45, 2.75) is 25.9 Å². The Morgan fingerprint density at radius 1 is 1.00 bits per heavy atom. The molecule has 1 aliphatic rings. The lowest BCUT2D eigenvalue weighted by Gasteiger charge is -2.39. The largest absolute Gasteiger partial charge is 0.351 e. The Morgan fingerprint density at radius 2 is 1.65 bits per heavy atom. The van der Waals surface area contributed by atoms with Crippen LogP contribution in [-0.2, 0) is 0 Å². The van der Waals surface area contributed by atoms with Crippen molar-refractivity contribution in [1.29, 1.82) is 0 Å². The Labute approximate surface area is 125 Å². The molecule has 1 N–H and O–H groups in total. The van der Waals surface area contributed by atoms with Crippen molar-refractivity contribution < 1.29 is 0 Å². The van der Waals surface area contributed by atoms with Gasteiger partial charge in [0.2, 0.25) is 0 Å². The first kappa shape index (κ1) is 13.1. The molecule has 1 aliphatic heterocycles. The Bertz CT molecular complexity index is 622. The van der Waals surface area contributed by atoms with Gasteiger partial charge in [0.25, 0.3) is 0 Å². The number of hydrogen-bond acceptors (Lipinski definition) is 1. The first-order valence-corrected chi connectivity index (χ1v) is 7.33. The van der Waals surface area contributed by atoms with Gasteiger partial charge in [0.05, 0.1) is 6.04 Å². The Balaban J connectivity index is 2.12. The van der Waals surface area contributed by atoms with Gasteiger partial charge < -0.3 is 10.2 Å². The van der Waals surface area contributed by atoms with Gasteiger partial charge in [-0.3, -0.25) is 0 Å². The van der Waals surface area contributed by atoms with Crippen LogP contribution in [0.15, 0.2) is 54.6 Å². The SMILES string of the molecule is CC(C)N1C(=S)N[C@H](c2ccccc2)c2ccccc21. The van der Waals surface area contributed by atoms with Crippen LogP contribution in [0.2, 0.25) is 0 Å². The van der Waals surface area contributed by atoms with Gasteiger partial charge in [0.15, 0.2) is 5.11 Å². The normalized spacial score (nSPS) is 17.9. The molecule has 0 fully saturated rings. The maximum atomic E-state index is 5.57. The van der Waals surface area contributed by atoms with Crippen LogP contribution in [0.4, 0.5) is 5.69 Å². The highest BCUT2D eigenvalue weighted by Crippen LogP contribution is 2.35. The molecule has 2 aromatic rings. The molecule has 2 nitrogen and oxygen atoms in total. The van der Waals surface area contributed by atoms with Crippen LogP contribution in [0, 0.1) is 0 Å². The summed E-state index contributed by atoms with van der Waals surface area (Å²) in [5, 5.41) is 4.28. The van der Waals surface area contributed by atoms with Gasteiger partial charge in [0.1, 0.15) is 0 Å². The fraction of sp³-hybridized carbons (Fsp3) is 0.235. The predicted molar refractivity (Wildman–Crippen MR) is 88.1 cm³/mol. The molecule has 0 spiro atoms. The summed E-state index contributed by atoms with van der Waals surface area (Å²) in [7, 11) is 0. The maximum absolute atomic E-state index is 5.57. The van der Waals surface area contributed by atoms with Crippen molar-refractivity contribution >= 4 is 23.0 Å². The van der Waals surface area contributed by atoms with Crippen molar-refractivity contribution in [1.82, 2.24) is 5.32 Å². The van der Waals surface area contributed by atoms with E-state index in [1.165, 1.54) is 16.8 Å². The number of anilines is 1. The second-order valence-corrected chi connectivity index (χ2v) is 5.70. The van der Waals surface area contributed by atoms with E-state index in [-0.39, 0.29) is 6.04 Å². The zero-order valence-electron chi connectivity index (χ0n) is 11.7. The van der Waals surface area contributed by atoms with E-state index in [1.807, 2.05) is 6.07 Å². The minimum Gasteiger partial charge on any atom is -0.351 e. The summed E-state index contributed by atoms with van der Waals surface area (Å²) >= 11 is 5.57. The van der Waals surface area contributed by atoms with Crippen LogP contribution < -0.4 is 10.2 Å². The van der Waals surface area contributed by atoms with E-state index in [0.717, 1.165) is 5.11 Å². The molecule has 0 aromatic heterocycles. The van der Waals surface area contributed by atoms with E-state index < -0.39 is 0 Å². The molecule has 3 rings (SSSR count). The molecule has 0 radical (unpaired) electrons. The van der Waals surface area contributed by atoms with Crippen molar-refractivity contribution in [3.8, 4) is 0 Å². The van der Waals surface area contributed by atoms with Crippen LogP contribution >= 0.6 is 12.2 Å². The van der Waals surface area contributed by atoms with Crippen molar-refractivity contribution in [3.05, 3.63) is 65.7 Å². The minimum absolute atomic E-state index is 0.134. The first-order valence-electron chi connectivity index (χ1n) is 6.92. The topological polar surface area (TPSA) is 15.3 Å². The standard InChI is InChI=1S/C17H18N2S/c1-12(2)19-15-11-7-6-10-14(15)16(18-17(19)20)13-8-4-3-5-9-13/h3-12,16H,1-2H3,(H,18,20)/t16-/m1/s1. The Morgan fingerprint density at radius 3 is 2.35 bits per heavy atom. The number of rotatable bonds is 2. The van der Waals surface area contributed by atoms with E-state index in [1.54, 1.807) is 0 Å². The highest BCUT2D eigenvalue weighted by molar-refractivity contribution is 7.80. The predicted octanol–water partition coefficient (Wildman–Crippen LogP) is 3.88. The van der Waals surface area contributed by atoms with Gasteiger partial charge in [-0.2, -0.15) is 0 Å². The Kier molecular flexibility index (Phi) is 3.45. The number of nitrogens with one attached hydrogen (secondary N) is 1. The molecule has 0 unspecified atom stereocenters. The number of nitrogens with zero attached hydrogens (tertiary/aromatic N) is 1. The second kappa shape index (κ2) is 5.25. The molecular formula is C17H18N2S. The fourth-order valence-corrected chi connectivity index (χ4v) is 3.18. The summed E-state index contributed by atoms with van der Waals surface area (Å²) in [6, 6.07) is 19.4. The minimum atomic E-state index is 0.134. The number of fused-ring (bicyclic) bond motifs is 1. The monoisotopic (exact) mass is 282 g/mol. The van der Waals surface area contributed by atoms with Gasteiger partial charge >= 0.3 is 0 Å². The summed E-state index contributed by atoms with van der Waals surface area (Å²) in [6.07, 6.45) is 0. The van der Waals surface area contributed by atoms with Gasteiger partial charge in [-0.05, 0) is 37.7 Å². The molecule has 0 aliphatic carbocycles. The molecule has 20 heavy (non-hydrogen) atoms. The number of thiocarbonyl (C=S) groups is 1. The summed E-state index contributed by atoms with van der Waals surface area (Å²) < 4.78 is 0. The molecular weight excluding hydrogens is 264 g/mol. The number of benzene rings is 2. The first-order chi connectivity index (χ1) is 9.68. The zero-order chi connectivity index (χ0) is 14.1. The third-order valence-corrected chi connectivity index (χ3v) is 3.96. The molecule has 1 heterocycles. The number of para-hydroxylation sites is 1. The molecule has 0 amide bonds. The molecule has 102 valence electrons. The second-order valence-electron chi connectivity index (χ2n) is 5.32. The molecule has 1 atom stereocenters. The molecule has 0 saturated heterocycles.